The van der Waals surface area contributed by atoms with Crippen LogP contribution in [-0.2, 0) is 9.59 Å². The Kier molecular flexibility index (Phi) is 6.20. The van der Waals surface area contributed by atoms with Gasteiger partial charge in [0.15, 0.2) is 11.7 Å². The van der Waals surface area contributed by atoms with Crippen LogP contribution >= 0.6 is 11.8 Å². The number of thioether (sulfide) groups is 1. The molecule has 2 aromatic carbocycles. The number of rotatable bonds is 6. The molecule has 0 fully saturated rings. The standard InChI is InChI=1S/C20H21N3O4S/c1-12-7-6-10-16(13(12)2)26-14(3)19(25)23-22-18(24)11-28-20-21-15-8-4-5-9-17(15)27-20/h4-10,14H,11H2,1-3H3,(H,22,24)(H,23,25)/t14-/m0/s1. The van der Waals surface area contributed by atoms with Crippen LogP contribution in [0, 0.1) is 13.8 Å². The first-order valence-corrected chi connectivity index (χ1v) is 9.72. The van der Waals surface area contributed by atoms with Crippen LogP contribution < -0.4 is 15.6 Å². The minimum absolute atomic E-state index is 0.0549. The fraction of sp³-hybridized carbons (Fsp3) is 0.250. The number of hydrazine groups is 1. The van der Waals surface area contributed by atoms with Crippen molar-refractivity contribution in [1.29, 1.82) is 0 Å². The number of ether oxygens (including phenoxy) is 1. The number of nitrogens with one attached hydrogen (secondary N) is 2. The molecule has 2 N–H and O–H groups in total. The van der Waals surface area contributed by atoms with Gasteiger partial charge in [0, 0.05) is 0 Å². The van der Waals surface area contributed by atoms with Gasteiger partial charge in [0.05, 0.1) is 5.75 Å². The van der Waals surface area contributed by atoms with Crippen LogP contribution in [0.4, 0.5) is 0 Å². The number of carbonyl (C=O) groups excluding carboxylic acids is 2. The summed E-state index contributed by atoms with van der Waals surface area (Å²) in [5.41, 5.74) is 8.19. The van der Waals surface area contributed by atoms with Crippen LogP contribution in [0.25, 0.3) is 11.1 Å². The number of nitrogens with zero attached hydrogens (tertiary/aromatic N) is 1. The second-order valence-corrected chi connectivity index (χ2v) is 7.16. The highest BCUT2D eigenvalue weighted by Gasteiger charge is 2.17. The van der Waals surface area contributed by atoms with Crippen molar-refractivity contribution in [3.63, 3.8) is 0 Å². The largest absolute Gasteiger partial charge is 0.481 e. The van der Waals surface area contributed by atoms with E-state index in [0.29, 0.717) is 16.6 Å². The van der Waals surface area contributed by atoms with Gasteiger partial charge >= 0.3 is 0 Å². The third kappa shape index (κ3) is 4.83. The molecule has 1 aromatic heterocycles. The molecule has 2 amide bonds. The van der Waals surface area contributed by atoms with Crippen LogP contribution in [0.2, 0.25) is 0 Å². The van der Waals surface area contributed by atoms with Gasteiger partial charge in [0.2, 0.25) is 5.91 Å². The molecule has 0 radical (unpaired) electrons. The minimum Gasteiger partial charge on any atom is -0.481 e. The third-order valence-electron chi connectivity index (χ3n) is 4.15. The topological polar surface area (TPSA) is 93.5 Å². The lowest BCUT2D eigenvalue weighted by Crippen LogP contribution is -2.47. The summed E-state index contributed by atoms with van der Waals surface area (Å²) >= 11 is 1.15. The average molecular weight is 399 g/mol. The predicted molar refractivity (Wildman–Crippen MR) is 107 cm³/mol. The summed E-state index contributed by atoms with van der Waals surface area (Å²) in [6.45, 7) is 5.53. The highest BCUT2D eigenvalue weighted by molar-refractivity contribution is 7.99. The zero-order valence-electron chi connectivity index (χ0n) is 15.8. The summed E-state index contributed by atoms with van der Waals surface area (Å²) < 4.78 is 11.2. The first-order valence-electron chi connectivity index (χ1n) is 8.74. The lowest BCUT2D eigenvalue weighted by atomic mass is 10.1. The number of benzene rings is 2. The lowest BCUT2D eigenvalue weighted by Gasteiger charge is -2.17. The number of amides is 2. The summed E-state index contributed by atoms with van der Waals surface area (Å²) in [4.78, 5) is 28.4. The zero-order chi connectivity index (χ0) is 20.1. The Morgan fingerprint density at radius 1 is 1.14 bits per heavy atom. The second-order valence-electron chi connectivity index (χ2n) is 6.23. The summed E-state index contributed by atoms with van der Waals surface area (Å²) in [7, 11) is 0. The maximum atomic E-state index is 12.2. The van der Waals surface area contributed by atoms with Crippen molar-refractivity contribution in [2.45, 2.75) is 32.1 Å². The van der Waals surface area contributed by atoms with Gasteiger partial charge in [0.1, 0.15) is 11.3 Å². The molecule has 0 saturated carbocycles. The van der Waals surface area contributed by atoms with Crippen molar-refractivity contribution in [3.8, 4) is 5.75 Å². The number of aromatic nitrogens is 1. The van der Waals surface area contributed by atoms with Crippen molar-refractivity contribution >= 4 is 34.7 Å². The molecular formula is C20H21N3O4S. The van der Waals surface area contributed by atoms with E-state index in [1.807, 2.05) is 56.3 Å². The average Bonchev–Trinajstić information content (AvgIpc) is 3.11. The molecule has 0 aliphatic heterocycles. The van der Waals surface area contributed by atoms with Crippen molar-refractivity contribution in [3.05, 3.63) is 53.6 Å². The summed E-state index contributed by atoms with van der Waals surface area (Å²) in [6, 6.07) is 13.0. The second kappa shape index (κ2) is 8.79. The molecule has 1 heterocycles. The van der Waals surface area contributed by atoms with Gasteiger partial charge in [-0.3, -0.25) is 20.4 Å². The van der Waals surface area contributed by atoms with Gasteiger partial charge in [-0.05, 0) is 50.1 Å². The Bertz CT molecular complexity index is 969. The fourth-order valence-corrected chi connectivity index (χ4v) is 3.04. The molecule has 146 valence electrons. The molecule has 3 rings (SSSR count). The highest BCUT2D eigenvalue weighted by Crippen LogP contribution is 2.23. The molecule has 28 heavy (non-hydrogen) atoms. The molecule has 0 aliphatic carbocycles. The molecule has 0 saturated heterocycles. The normalized spacial score (nSPS) is 11.8. The number of hydrogen-bond donors (Lipinski definition) is 2. The summed E-state index contributed by atoms with van der Waals surface area (Å²) in [6.07, 6.45) is -0.759. The van der Waals surface area contributed by atoms with E-state index in [9.17, 15) is 9.59 Å². The summed E-state index contributed by atoms with van der Waals surface area (Å²) in [5.74, 6) is -0.125. The Morgan fingerprint density at radius 3 is 2.71 bits per heavy atom. The van der Waals surface area contributed by atoms with Crippen molar-refractivity contribution in [1.82, 2.24) is 15.8 Å². The monoisotopic (exact) mass is 399 g/mol. The Labute approximate surface area is 166 Å². The first kappa shape index (κ1) is 19.8. The van der Waals surface area contributed by atoms with Gasteiger partial charge in [-0.2, -0.15) is 0 Å². The minimum atomic E-state index is -0.759. The zero-order valence-corrected chi connectivity index (χ0v) is 16.6. The number of aryl methyl sites for hydroxylation is 1. The van der Waals surface area contributed by atoms with E-state index < -0.39 is 12.0 Å². The first-order chi connectivity index (χ1) is 13.4. The molecule has 0 bridgehead atoms. The molecule has 0 spiro atoms. The van der Waals surface area contributed by atoms with Crippen LogP contribution in [0.1, 0.15) is 18.1 Å². The van der Waals surface area contributed by atoms with E-state index in [1.165, 1.54) is 0 Å². The Balaban J connectivity index is 1.45. The molecule has 8 heteroatoms. The molecule has 0 unspecified atom stereocenters. The van der Waals surface area contributed by atoms with E-state index in [1.54, 1.807) is 6.92 Å². The highest BCUT2D eigenvalue weighted by atomic mass is 32.2. The van der Waals surface area contributed by atoms with Gasteiger partial charge < -0.3 is 9.15 Å². The lowest BCUT2D eigenvalue weighted by molar-refractivity contribution is -0.131. The third-order valence-corrected chi connectivity index (χ3v) is 4.98. The number of carbonyl (C=O) groups is 2. The molecular weight excluding hydrogens is 378 g/mol. The van der Waals surface area contributed by atoms with E-state index in [-0.39, 0.29) is 11.7 Å². The predicted octanol–water partition coefficient (Wildman–Crippen LogP) is 3.15. The van der Waals surface area contributed by atoms with Crippen molar-refractivity contribution in [2.75, 3.05) is 5.75 Å². The maximum Gasteiger partial charge on any atom is 0.279 e. The van der Waals surface area contributed by atoms with Crippen LogP contribution in [0.5, 0.6) is 5.75 Å². The van der Waals surface area contributed by atoms with Gasteiger partial charge in [0.25, 0.3) is 11.1 Å². The van der Waals surface area contributed by atoms with E-state index in [2.05, 4.69) is 15.8 Å². The van der Waals surface area contributed by atoms with Gasteiger partial charge in [-0.1, -0.05) is 36.0 Å². The Morgan fingerprint density at radius 2 is 1.93 bits per heavy atom. The van der Waals surface area contributed by atoms with Crippen molar-refractivity contribution < 1.29 is 18.7 Å². The quantitative estimate of drug-likeness (QED) is 0.489. The smallest absolute Gasteiger partial charge is 0.279 e. The Hall–Kier alpha value is -3.00. The van der Waals surface area contributed by atoms with Crippen LogP contribution in [0.3, 0.4) is 0 Å². The van der Waals surface area contributed by atoms with Gasteiger partial charge in [-0.25, -0.2) is 4.98 Å². The molecule has 0 aliphatic rings. The van der Waals surface area contributed by atoms with Crippen LogP contribution in [-0.4, -0.2) is 28.7 Å². The molecule has 3 aromatic rings. The molecule has 1 atom stereocenters. The van der Waals surface area contributed by atoms with E-state index in [4.69, 9.17) is 9.15 Å². The SMILES string of the molecule is Cc1cccc(O[C@@H](C)C(=O)NNC(=O)CSc2nc3ccccc3o2)c1C. The number of oxazole rings is 1. The van der Waals surface area contributed by atoms with Crippen LogP contribution in [0.15, 0.2) is 52.1 Å². The molecule has 7 nitrogen and oxygen atoms in total. The van der Waals surface area contributed by atoms with Crippen molar-refractivity contribution in [2.24, 2.45) is 0 Å². The van der Waals surface area contributed by atoms with E-state index in [0.717, 1.165) is 28.4 Å². The number of fused-ring (bicyclic) bond motifs is 1. The van der Waals surface area contributed by atoms with E-state index >= 15 is 0 Å². The fourth-order valence-electron chi connectivity index (χ4n) is 2.40. The maximum absolute atomic E-state index is 12.2. The number of hydrogen-bond acceptors (Lipinski definition) is 6. The van der Waals surface area contributed by atoms with Gasteiger partial charge in [-0.15, -0.1) is 0 Å². The summed E-state index contributed by atoms with van der Waals surface area (Å²) in [5, 5.41) is 0.398. The number of para-hydroxylation sites is 2.